The summed E-state index contributed by atoms with van der Waals surface area (Å²) in [5, 5.41) is 10.4. The summed E-state index contributed by atoms with van der Waals surface area (Å²) in [5.41, 5.74) is 2.07. The number of nitrogens with one attached hydrogen (secondary N) is 1. The predicted molar refractivity (Wildman–Crippen MR) is 73.2 cm³/mol. The van der Waals surface area contributed by atoms with Gasteiger partial charge >= 0.3 is 0 Å². The van der Waals surface area contributed by atoms with Crippen molar-refractivity contribution in [2.45, 2.75) is 6.04 Å². The molecule has 0 aromatic carbocycles. The molecule has 18 heavy (non-hydrogen) atoms. The fourth-order valence-corrected chi connectivity index (χ4v) is 3.31. The van der Waals surface area contributed by atoms with Gasteiger partial charge in [0, 0.05) is 22.8 Å². The van der Waals surface area contributed by atoms with E-state index >= 15 is 0 Å². The van der Waals surface area contributed by atoms with Crippen molar-refractivity contribution >= 4 is 28.5 Å². The first-order valence-corrected chi connectivity index (χ1v) is 6.74. The van der Waals surface area contributed by atoms with E-state index in [2.05, 4.69) is 15.4 Å². The van der Waals surface area contributed by atoms with E-state index in [0.29, 0.717) is 0 Å². The largest absolute Gasteiger partial charge is 0.309 e. The van der Waals surface area contributed by atoms with Crippen LogP contribution in [0.5, 0.6) is 0 Å². The van der Waals surface area contributed by atoms with E-state index in [1.165, 1.54) is 0 Å². The standard InChI is InChI=1S/C12H11ClN4S/c1-14-11(12-9(13)2-5-18-12)8-6-16-17-4-3-15-7-10(8)17/h2-7,11,14H,1H3. The molecule has 3 heterocycles. The molecule has 1 N–H and O–H groups in total. The molecule has 0 radical (unpaired) electrons. The summed E-state index contributed by atoms with van der Waals surface area (Å²) < 4.78 is 1.81. The number of rotatable bonds is 3. The number of thiophene rings is 1. The zero-order chi connectivity index (χ0) is 12.5. The van der Waals surface area contributed by atoms with Crippen LogP contribution in [0.1, 0.15) is 16.5 Å². The van der Waals surface area contributed by atoms with Crippen LogP contribution in [0, 0.1) is 0 Å². The number of halogens is 1. The van der Waals surface area contributed by atoms with Crippen LogP contribution in [0.4, 0.5) is 0 Å². The topological polar surface area (TPSA) is 42.2 Å². The monoisotopic (exact) mass is 278 g/mol. The second-order valence-electron chi connectivity index (χ2n) is 3.86. The van der Waals surface area contributed by atoms with E-state index in [4.69, 9.17) is 11.6 Å². The van der Waals surface area contributed by atoms with Gasteiger partial charge in [0.05, 0.1) is 29.0 Å². The quantitative estimate of drug-likeness (QED) is 0.801. The van der Waals surface area contributed by atoms with Crippen LogP contribution in [0.2, 0.25) is 5.02 Å². The van der Waals surface area contributed by atoms with Crippen molar-refractivity contribution in [3.63, 3.8) is 0 Å². The lowest BCUT2D eigenvalue weighted by Crippen LogP contribution is -2.16. The van der Waals surface area contributed by atoms with Crippen LogP contribution in [-0.2, 0) is 0 Å². The molecule has 3 rings (SSSR count). The molecular weight excluding hydrogens is 268 g/mol. The van der Waals surface area contributed by atoms with Crippen molar-refractivity contribution in [3.05, 3.63) is 51.7 Å². The lowest BCUT2D eigenvalue weighted by molar-refractivity contribution is 0.708. The van der Waals surface area contributed by atoms with E-state index in [0.717, 1.165) is 21.0 Å². The second kappa shape index (κ2) is 4.68. The van der Waals surface area contributed by atoms with Crippen LogP contribution in [0.25, 0.3) is 5.52 Å². The minimum absolute atomic E-state index is 0.0409. The molecule has 0 aliphatic heterocycles. The Morgan fingerprint density at radius 2 is 2.33 bits per heavy atom. The first-order chi connectivity index (χ1) is 8.81. The molecule has 0 saturated carbocycles. The fraction of sp³-hybridized carbons (Fsp3) is 0.167. The minimum atomic E-state index is 0.0409. The summed E-state index contributed by atoms with van der Waals surface area (Å²) in [6, 6.07) is 1.95. The highest BCUT2D eigenvalue weighted by Gasteiger charge is 2.20. The molecule has 6 heteroatoms. The normalized spacial score (nSPS) is 13.0. The average molecular weight is 279 g/mol. The van der Waals surface area contributed by atoms with Crippen molar-refractivity contribution < 1.29 is 0 Å². The van der Waals surface area contributed by atoms with Crippen molar-refractivity contribution in [3.8, 4) is 0 Å². The van der Waals surface area contributed by atoms with Crippen LogP contribution < -0.4 is 5.32 Å². The first-order valence-electron chi connectivity index (χ1n) is 5.48. The van der Waals surface area contributed by atoms with Crippen molar-refractivity contribution in [2.24, 2.45) is 0 Å². The summed E-state index contributed by atoms with van der Waals surface area (Å²) in [6.45, 7) is 0. The Morgan fingerprint density at radius 1 is 1.44 bits per heavy atom. The van der Waals surface area contributed by atoms with Crippen LogP contribution in [0.3, 0.4) is 0 Å². The second-order valence-corrected chi connectivity index (χ2v) is 5.22. The number of hydrogen-bond donors (Lipinski definition) is 1. The van der Waals surface area contributed by atoms with Crippen LogP contribution >= 0.6 is 22.9 Å². The SMILES string of the molecule is CNC(c1sccc1Cl)c1cnn2ccncc12. The molecule has 1 unspecified atom stereocenters. The minimum Gasteiger partial charge on any atom is -0.309 e. The zero-order valence-electron chi connectivity index (χ0n) is 9.67. The summed E-state index contributed by atoms with van der Waals surface area (Å²) in [7, 11) is 1.92. The summed E-state index contributed by atoms with van der Waals surface area (Å²) in [5.74, 6) is 0. The maximum Gasteiger partial charge on any atom is 0.0896 e. The Bertz CT molecular complexity index is 675. The predicted octanol–water partition coefficient (Wildman–Crippen LogP) is 2.75. The number of nitrogens with zero attached hydrogens (tertiary/aromatic N) is 3. The lowest BCUT2D eigenvalue weighted by Gasteiger charge is -2.14. The maximum atomic E-state index is 6.21. The molecule has 0 saturated heterocycles. The molecule has 0 aliphatic rings. The van der Waals surface area contributed by atoms with E-state index in [1.807, 2.05) is 41.6 Å². The number of fused-ring (bicyclic) bond motifs is 1. The smallest absolute Gasteiger partial charge is 0.0896 e. The van der Waals surface area contributed by atoms with Gasteiger partial charge in [0.2, 0.25) is 0 Å². The molecule has 3 aromatic heterocycles. The Balaban J connectivity index is 2.15. The van der Waals surface area contributed by atoms with Gasteiger partial charge in [-0.1, -0.05) is 11.6 Å². The van der Waals surface area contributed by atoms with Gasteiger partial charge in [0.15, 0.2) is 0 Å². The third-order valence-corrected chi connectivity index (χ3v) is 4.28. The molecule has 4 nitrogen and oxygen atoms in total. The summed E-state index contributed by atoms with van der Waals surface area (Å²) >= 11 is 7.85. The van der Waals surface area contributed by atoms with Crippen molar-refractivity contribution in [1.29, 1.82) is 0 Å². The maximum absolute atomic E-state index is 6.21. The van der Waals surface area contributed by atoms with Gasteiger partial charge in [0.1, 0.15) is 0 Å². The van der Waals surface area contributed by atoms with Gasteiger partial charge in [-0.15, -0.1) is 11.3 Å². The van der Waals surface area contributed by atoms with E-state index in [-0.39, 0.29) is 6.04 Å². The van der Waals surface area contributed by atoms with Gasteiger partial charge in [-0.05, 0) is 18.5 Å². The Kier molecular flexibility index (Phi) is 3.03. The van der Waals surface area contributed by atoms with Crippen molar-refractivity contribution in [2.75, 3.05) is 7.05 Å². The van der Waals surface area contributed by atoms with E-state index in [1.54, 1.807) is 17.5 Å². The number of hydrogen-bond acceptors (Lipinski definition) is 4. The number of aromatic nitrogens is 3. The molecule has 0 amide bonds. The highest BCUT2D eigenvalue weighted by atomic mass is 35.5. The molecule has 0 fully saturated rings. The molecule has 0 bridgehead atoms. The van der Waals surface area contributed by atoms with Crippen LogP contribution in [0.15, 0.2) is 36.2 Å². The van der Waals surface area contributed by atoms with Gasteiger partial charge in [0.25, 0.3) is 0 Å². The van der Waals surface area contributed by atoms with Gasteiger partial charge in [-0.2, -0.15) is 5.10 Å². The third-order valence-electron chi connectivity index (χ3n) is 2.86. The van der Waals surface area contributed by atoms with Gasteiger partial charge in [-0.25, -0.2) is 4.52 Å². The highest BCUT2D eigenvalue weighted by molar-refractivity contribution is 7.10. The lowest BCUT2D eigenvalue weighted by atomic mass is 10.1. The molecule has 92 valence electrons. The van der Waals surface area contributed by atoms with Crippen molar-refractivity contribution in [1.82, 2.24) is 19.9 Å². The highest BCUT2D eigenvalue weighted by Crippen LogP contribution is 2.34. The molecule has 3 aromatic rings. The van der Waals surface area contributed by atoms with Crippen LogP contribution in [-0.4, -0.2) is 21.6 Å². The summed E-state index contributed by atoms with van der Waals surface area (Å²) in [6.07, 6.45) is 7.22. The van der Waals surface area contributed by atoms with Gasteiger partial charge < -0.3 is 5.32 Å². The third kappa shape index (κ3) is 1.80. The Hall–Kier alpha value is -1.43. The molecule has 0 aliphatic carbocycles. The zero-order valence-corrected chi connectivity index (χ0v) is 11.2. The Morgan fingerprint density at radius 3 is 3.06 bits per heavy atom. The average Bonchev–Trinajstić information content (AvgIpc) is 2.99. The first kappa shape index (κ1) is 11.6. The van der Waals surface area contributed by atoms with Gasteiger partial charge in [-0.3, -0.25) is 4.98 Å². The summed E-state index contributed by atoms with van der Waals surface area (Å²) in [4.78, 5) is 5.24. The Labute approximate surface area is 113 Å². The fourth-order valence-electron chi connectivity index (χ4n) is 2.01. The molecule has 1 atom stereocenters. The van der Waals surface area contributed by atoms with E-state index in [9.17, 15) is 0 Å². The molecular formula is C12H11ClN4S. The molecule has 0 spiro atoms. The van der Waals surface area contributed by atoms with E-state index < -0.39 is 0 Å².